The lowest BCUT2D eigenvalue weighted by Crippen LogP contribution is -2.52. The maximum absolute atomic E-state index is 12.1. The summed E-state index contributed by atoms with van der Waals surface area (Å²) < 4.78 is 0. The molecule has 0 aliphatic carbocycles. The van der Waals surface area contributed by atoms with Crippen LogP contribution in [-0.4, -0.2) is 24.3 Å². The van der Waals surface area contributed by atoms with Crippen LogP contribution in [-0.2, 0) is 9.59 Å². The van der Waals surface area contributed by atoms with Crippen LogP contribution in [0.1, 0.15) is 48.5 Å². The van der Waals surface area contributed by atoms with Gasteiger partial charge in [0.25, 0.3) is 0 Å². The fourth-order valence-electron chi connectivity index (χ4n) is 1.44. The maximum Gasteiger partial charge on any atom is 0.223 e. The predicted molar refractivity (Wildman–Crippen MR) is 74.1 cm³/mol. The van der Waals surface area contributed by atoms with Gasteiger partial charge in [-0.3, -0.25) is 9.59 Å². The molecule has 1 unspecified atom stereocenters. The number of hydrogen-bond acceptors (Lipinski definition) is 3. The Morgan fingerprint density at radius 2 is 1.56 bits per heavy atom. The predicted octanol–water partition coefficient (Wildman–Crippen LogP) is 1.73. The Hall–Kier alpha value is -0.900. The van der Waals surface area contributed by atoms with Gasteiger partial charge in [0.1, 0.15) is 6.04 Å². The number of amides is 1. The van der Waals surface area contributed by atoms with Crippen molar-refractivity contribution in [2.75, 3.05) is 6.54 Å². The molecule has 3 N–H and O–H groups in total. The molecule has 0 rings (SSSR count). The van der Waals surface area contributed by atoms with Crippen LogP contribution in [0.5, 0.6) is 0 Å². The molecule has 0 saturated carbocycles. The van der Waals surface area contributed by atoms with Crippen molar-refractivity contribution in [1.82, 2.24) is 5.32 Å². The molecule has 106 valence electrons. The van der Waals surface area contributed by atoms with E-state index in [2.05, 4.69) is 5.32 Å². The summed E-state index contributed by atoms with van der Waals surface area (Å²) in [7, 11) is 0. The van der Waals surface area contributed by atoms with E-state index >= 15 is 0 Å². The van der Waals surface area contributed by atoms with Crippen molar-refractivity contribution in [3.8, 4) is 0 Å². The van der Waals surface area contributed by atoms with Crippen LogP contribution in [0.25, 0.3) is 0 Å². The van der Waals surface area contributed by atoms with Crippen molar-refractivity contribution in [2.45, 2.75) is 54.5 Å². The summed E-state index contributed by atoms with van der Waals surface area (Å²) in [5, 5.41) is 2.77. The van der Waals surface area contributed by atoms with E-state index in [9.17, 15) is 9.59 Å². The summed E-state index contributed by atoms with van der Waals surface area (Å²) in [6.45, 7) is 13.5. The van der Waals surface area contributed by atoms with Crippen LogP contribution in [0.2, 0.25) is 0 Å². The number of Topliss-reactive ketones (excluding diaryl/α,β-unsaturated/α-hetero) is 1. The van der Waals surface area contributed by atoms with Gasteiger partial charge in [0.15, 0.2) is 5.78 Å². The summed E-state index contributed by atoms with van der Waals surface area (Å²) in [5.74, 6) is -0.311. The SMILES string of the molecule is CC(C(=O)N[C@@H](CN)C(=O)C(C)(C)C)C(C)(C)C. The molecule has 0 fully saturated rings. The molecular weight excluding hydrogens is 228 g/mol. The lowest BCUT2D eigenvalue weighted by Gasteiger charge is -2.30. The van der Waals surface area contributed by atoms with Gasteiger partial charge in [0.2, 0.25) is 5.91 Å². The third kappa shape index (κ3) is 4.77. The first-order chi connectivity index (χ1) is 7.91. The molecule has 4 nitrogen and oxygen atoms in total. The van der Waals surface area contributed by atoms with E-state index in [1.807, 2.05) is 48.5 Å². The maximum atomic E-state index is 12.1. The fraction of sp³-hybridized carbons (Fsp3) is 0.857. The standard InChI is InChI=1S/C14H28N2O2/c1-9(13(2,3)4)12(18)16-10(8-15)11(17)14(5,6)7/h9-10H,8,15H2,1-7H3,(H,16,18)/t9?,10-/m0/s1. The summed E-state index contributed by atoms with van der Waals surface area (Å²) in [5.41, 5.74) is 4.96. The zero-order valence-corrected chi connectivity index (χ0v) is 12.8. The Bertz CT molecular complexity index is 311. The van der Waals surface area contributed by atoms with E-state index in [0.29, 0.717) is 0 Å². The van der Waals surface area contributed by atoms with Crippen molar-refractivity contribution in [2.24, 2.45) is 22.5 Å². The van der Waals surface area contributed by atoms with Crippen molar-refractivity contribution >= 4 is 11.7 Å². The Labute approximate surface area is 111 Å². The third-order valence-corrected chi connectivity index (χ3v) is 3.30. The van der Waals surface area contributed by atoms with Crippen LogP contribution >= 0.6 is 0 Å². The Morgan fingerprint density at radius 3 is 1.83 bits per heavy atom. The van der Waals surface area contributed by atoms with Crippen LogP contribution in [0, 0.1) is 16.7 Å². The molecule has 0 aromatic heterocycles. The van der Waals surface area contributed by atoms with E-state index in [4.69, 9.17) is 5.73 Å². The Balaban J connectivity index is 4.76. The molecule has 0 heterocycles. The highest BCUT2D eigenvalue weighted by molar-refractivity contribution is 5.93. The quantitative estimate of drug-likeness (QED) is 0.804. The molecule has 2 atom stereocenters. The lowest BCUT2D eigenvalue weighted by atomic mass is 9.81. The molecule has 0 bridgehead atoms. The zero-order valence-electron chi connectivity index (χ0n) is 12.8. The Morgan fingerprint density at radius 1 is 1.11 bits per heavy atom. The second-order valence-electron chi connectivity index (χ2n) is 7.00. The molecule has 18 heavy (non-hydrogen) atoms. The largest absolute Gasteiger partial charge is 0.345 e. The highest BCUT2D eigenvalue weighted by Gasteiger charge is 2.33. The molecule has 0 aromatic carbocycles. The van der Waals surface area contributed by atoms with E-state index in [1.165, 1.54) is 0 Å². The monoisotopic (exact) mass is 256 g/mol. The van der Waals surface area contributed by atoms with Crippen molar-refractivity contribution < 1.29 is 9.59 Å². The molecule has 1 amide bonds. The van der Waals surface area contributed by atoms with Crippen molar-refractivity contribution in [3.63, 3.8) is 0 Å². The number of rotatable bonds is 4. The van der Waals surface area contributed by atoms with E-state index in [1.54, 1.807) is 0 Å². The molecule has 0 aliphatic rings. The molecule has 4 heteroatoms. The first kappa shape index (κ1) is 17.1. The number of carbonyl (C=O) groups excluding carboxylic acids is 2. The second-order valence-corrected chi connectivity index (χ2v) is 7.00. The number of carbonyl (C=O) groups is 2. The van der Waals surface area contributed by atoms with Gasteiger partial charge in [0.05, 0.1) is 0 Å². The average molecular weight is 256 g/mol. The van der Waals surface area contributed by atoms with E-state index < -0.39 is 11.5 Å². The van der Waals surface area contributed by atoms with Gasteiger partial charge in [-0.05, 0) is 5.41 Å². The smallest absolute Gasteiger partial charge is 0.223 e. The minimum atomic E-state index is -0.595. The van der Waals surface area contributed by atoms with Gasteiger partial charge >= 0.3 is 0 Å². The fourth-order valence-corrected chi connectivity index (χ4v) is 1.44. The number of ketones is 1. The summed E-state index contributed by atoms with van der Waals surface area (Å²) in [6, 6.07) is -0.595. The molecule has 0 aliphatic heterocycles. The molecule has 0 spiro atoms. The summed E-state index contributed by atoms with van der Waals surface area (Å²) >= 11 is 0. The van der Waals surface area contributed by atoms with Gasteiger partial charge in [-0.25, -0.2) is 0 Å². The van der Waals surface area contributed by atoms with Gasteiger partial charge in [-0.1, -0.05) is 48.5 Å². The average Bonchev–Trinajstić information content (AvgIpc) is 2.20. The topological polar surface area (TPSA) is 72.2 Å². The van der Waals surface area contributed by atoms with Gasteiger partial charge in [-0.2, -0.15) is 0 Å². The molecule has 0 radical (unpaired) electrons. The minimum absolute atomic E-state index is 0.0283. The Kier molecular flexibility index (Phi) is 5.54. The summed E-state index contributed by atoms with van der Waals surface area (Å²) in [4.78, 5) is 24.2. The third-order valence-electron chi connectivity index (χ3n) is 3.30. The lowest BCUT2D eigenvalue weighted by molar-refractivity contribution is -0.134. The van der Waals surface area contributed by atoms with Crippen LogP contribution in [0.3, 0.4) is 0 Å². The number of nitrogens with two attached hydrogens (primary N) is 1. The zero-order chi connectivity index (χ0) is 14.7. The molecular formula is C14H28N2O2. The van der Waals surface area contributed by atoms with Gasteiger partial charge in [-0.15, -0.1) is 0 Å². The molecule has 0 aromatic rings. The van der Waals surface area contributed by atoms with E-state index in [0.717, 1.165) is 0 Å². The number of nitrogens with one attached hydrogen (secondary N) is 1. The first-order valence-electron chi connectivity index (χ1n) is 6.46. The van der Waals surface area contributed by atoms with Crippen LogP contribution in [0.15, 0.2) is 0 Å². The number of hydrogen-bond donors (Lipinski definition) is 2. The van der Waals surface area contributed by atoms with Crippen molar-refractivity contribution in [3.05, 3.63) is 0 Å². The minimum Gasteiger partial charge on any atom is -0.345 e. The summed E-state index contributed by atoms with van der Waals surface area (Å²) in [6.07, 6.45) is 0. The van der Waals surface area contributed by atoms with E-state index in [-0.39, 0.29) is 29.6 Å². The first-order valence-corrected chi connectivity index (χ1v) is 6.46. The second kappa shape index (κ2) is 5.83. The molecule has 0 saturated heterocycles. The van der Waals surface area contributed by atoms with Gasteiger partial charge < -0.3 is 11.1 Å². The van der Waals surface area contributed by atoms with Crippen LogP contribution in [0.4, 0.5) is 0 Å². The van der Waals surface area contributed by atoms with Gasteiger partial charge in [0, 0.05) is 17.9 Å². The van der Waals surface area contributed by atoms with Crippen molar-refractivity contribution in [1.29, 1.82) is 0 Å². The van der Waals surface area contributed by atoms with Crippen LogP contribution < -0.4 is 11.1 Å². The normalized spacial score (nSPS) is 16.0. The highest BCUT2D eigenvalue weighted by atomic mass is 16.2. The highest BCUT2D eigenvalue weighted by Crippen LogP contribution is 2.25.